The Morgan fingerprint density at radius 3 is 2.62 bits per heavy atom. The monoisotopic (exact) mass is 349 g/mol. The Kier molecular flexibility index (Phi) is 4.42. The molecule has 0 radical (unpaired) electrons. The Morgan fingerprint density at radius 1 is 1.29 bits per heavy atom. The van der Waals surface area contributed by atoms with Crippen molar-refractivity contribution in [1.82, 2.24) is 9.29 Å². The van der Waals surface area contributed by atoms with Crippen LogP contribution in [0.5, 0.6) is 5.75 Å². The molecule has 1 saturated heterocycles. The molecule has 0 saturated carbocycles. The van der Waals surface area contributed by atoms with Crippen molar-refractivity contribution in [2.75, 3.05) is 20.2 Å². The molecule has 1 aromatic heterocycles. The van der Waals surface area contributed by atoms with E-state index < -0.39 is 21.9 Å². The van der Waals surface area contributed by atoms with Crippen LogP contribution < -0.4 is 9.84 Å². The third kappa shape index (κ3) is 2.83. The summed E-state index contributed by atoms with van der Waals surface area (Å²) in [6.45, 7) is 0.323. The van der Waals surface area contributed by atoms with E-state index in [-0.39, 0.29) is 30.8 Å². The lowest BCUT2D eigenvalue weighted by Crippen LogP contribution is -2.43. The molecule has 1 aliphatic heterocycles. The maximum atomic E-state index is 13.0. The standard InChI is InChI=1S/C16H18N2O5S/c1-23-13-4-5-14(12-3-2-8-17-15(12)13)24(21,22)18-9-6-11(7-10-18)16(19)20/h2-5,8,11H,6-7,9-10H2,1H3,(H,19,20)/p-1. The number of fused-ring (bicyclic) bond motifs is 1. The van der Waals surface area contributed by atoms with E-state index in [2.05, 4.69) is 4.98 Å². The van der Waals surface area contributed by atoms with Crippen LogP contribution >= 0.6 is 0 Å². The first-order chi connectivity index (χ1) is 11.4. The lowest BCUT2D eigenvalue weighted by atomic mass is 9.99. The highest BCUT2D eigenvalue weighted by atomic mass is 32.2. The molecular formula is C16H17N2O5S-. The molecule has 0 aliphatic carbocycles. The van der Waals surface area contributed by atoms with Crippen molar-refractivity contribution < 1.29 is 23.1 Å². The smallest absolute Gasteiger partial charge is 0.243 e. The van der Waals surface area contributed by atoms with E-state index >= 15 is 0 Å². The fraction of sp³-hybridized carbons (Fsp3) is 0.375. The fourth-order valence-corrected chi connectivity index (χ4v) is 4.63. The third-order valence-electron chi connectivity index (χ3n) is 4.32. The van der Waals surface area contributed by atoms with Crippen LogP contribution in [0.15, 0.2) is 35.4 Å². The second-order valence-electron chi connectivity index (χ2n) is 5.66. The van der Waals surface area contributed by atoms with E-state index in [0.717, 1.165) is 0 Å². The first-order valence-corrected chi connectivity index (χ1v) is 9.02. The fourth-order valence-electron chi connectivity index (χ4n) is 2.98. The quantitative estimate of drug-likeness (QED) is 0.792. The number of piperidine rings is 1. The molecule has 3 rings (SSSR count). The number of pyridine rings is 1. The van der Waals surface area contributed by atoms with Gasteiger partial charge in [-0.15, -0.1) is 0 Å². The normalized spacial score (nSPS) is 17.0. The minimum Gasteiger partial charge on any atom is -0.550 e. The van der Waals surface area contributed by atoms with Crippen molar-refractivity contribution in [2.24, 2.45) is 5.92 Å². The first kappa shape index (κ1) is 16.7. The van der Waals surface area contributed by atoms with E-state index in [1.54, 1.807) is 24.4 Å². The Hall–Kier alpha value is -2.19. The van der Waals surface area contributed by atoms with Gasteiger partial charge in [-0.2, -0.15) is 4.31 Å². The minimum absolute atomic E-state index is 0.151. The molecule has 0 atom stereocenters. The first-order valence-electron chi connectivity index (χ1n) is 7.58. The summed E-state index contributed by atoms with van der Waals surface area (Å²) in [6, 6.07) is 6.44. The number of hydrogen-bond donors (Lipinski definition) is 0. The van der Waals surface area contributed by atoms with Crippen molar-refractivity contribution in [2.45, 2.75) is 17.7 Å². The predicted octanol–water partition coefficient (Wildman–Crippen LogP) is 0.394. The number of carboxylic acid groups (broad SMARTS) is 1. The van der Waals surface area contributed by atoms with Gasteiger partial charge in [-0.25, -0.2) is 8.42 Å². The summed E-state index contributed by atoms with van der Waals surface area (Å²) < 4.78 is 32.5. The molecule has 2 aromatic rings. The van der Waals surface area contributed by atoms with Crippen molar-refractivity contribution in [3.05, 3.63) is 30.5 Å². The van der Waals surface area contributed by atoms with Crippen LogP contribution in [0.25, 0.3) is 10.9 Å². The molecule has 1 fully saturated rings. The van der Waals surface area contributed by atoms with E-state index in [1.807, 2.05) is 0 Å². The largest absolute Gasteiger partial charge is 0.550 e. The van der Waals surface area contributed by atoms with Crippen LogP contribution in [-0.4, -0.2) is 43.9 Å². The number of benzene rings is 1. The number of nitrogens with zero attached hydrogens (tertiary/aromatic N) is 2. The highest BCUT2D eigenvalue weighted by Crippen LogP contribution is 2.32. The number of methoxy groups -OCH3 is 1. The summed E-state index contributed by atoms with van der Waals surface area (Å²) in [5.41, 5.74) is 0.477. The maximum Gasteiger partial charge on any atom is 0.243 e. The highest BCUT2D eigenvalue weighted by Gasteiger charge is 2.31. The zero-order valence-electron chi connectivity index (χ0n) is 13.1. The number of aliphatic carboxylic acids is 1. The predicted molar refractivity (Wildman–Crippen MR) is 84.8 cm³/mol. The van der Waals surface area contributed by atoms with Gasteiger partial charge in [-0.3, -0.25) is 4.98 Å². The average Bonchev–Trinajstić information content (AvgIpc) is 2.60. The number of carbonyl (C=O) groups is 1. The van der Waals surface area contributed by atoms with Crippen LogP contribution in [0.2, 0.25) is 0 Å². The summed E-state index contributed by atoms with van der Waals surface area (Å²) >= 11 is 0. The van der Waals surface area contributed by atoms with Gasteiger partial charge in [0.25, 0.3) is 0 Å². The van der Waals surface area contributed by atoms with Gasteiger partial charge < -0.3 is 14.6 Å². The molecule has 7 nitrogen and oxygen atoms in total. The second kappa shape index (κ2) is 6.37. The van der Waals surface area contributed by atoms with Gasteiger partial charge in [0.1, 0.15) is 11.3 Å². The zero-order chi connectivity index (χ0) is 17.3. The molecule has 2 heterocycles. The molecule has 1 aromatic carbocycles. The van der Waals surface area contributed by atoms with Gasteiger partial charge in [0.05, 0.1) is 12.0 Å². The number of hydrogen-bond acceptors (Lipinski definition) is 6. The van der Waals surface area contributed by atoms with Crippen LogP contribution in [0.1, 0.15) is 12.8 Å². The van der Waals surface area contributed by atoms with Crippen molar-refractivity contribution >= 4 is 26.9 Å². The molecule has 128 valence electrons. The molecule has 8 heteroatoms. The lowest BCUT2D eigenvalue weighted by Gasteiger charge is -2.31. The topological polar surface area (TPSA) is 99.6 Å². The summed E-state index contributed by atoms with van der Waals surface area (Å²) in [5, 5.41) is 11.4. The van der Waals surface area contributed by atoms with Crippen molar-refractivity contribution in [1.29, 1.82) is 0 Å². The van der Waals surface area contributed by atoms with Gasteiger partial charge >= 0.3 is 0 Å². The van der Waals surface area contributed by atoms with Crippen LogP contribution in [0.4, 0.5) is 0 Å². The molecule has 24 heavy (non-hydrogen) atoms. The number of rotatable bonds is 4. The van der Waals surface area contributed by atoms with Crippen LogP contribution in [0, 0.1) is 5.92 Å². The summed E-state index contributed by atoms with van der Waals surface area (Å²) in [5.74, 6) is -1.21. The number of carboxylic acids is 1. The number of aromatic nitrogens is 1. The average molecular weight is 349 g/mol. The van der Waals surface area contributed by atoms with Gasteiger partial charge in [-0.05, 0) is 37.1 Å². The minimum atomic E-state index is -3.74. The zero-order valence-corrected chi connectivity index (χ0v) is 14.0. The summed E-state index contributed by atoms with van der Waals surface area (Å²) in [6.07, 6.45) is 2.09. The number of ether oxygens (including phenoxy) is 1. The van der Waals surface area contributed by atoms with Crippen molar-refractivity contribution in [3.8, 4) is 5.75 Å². The van der Waals surface area contributed by atoms with Gasteiger partial charge in [0, 0.05) is 36.6 Å². The SMILES string of the molecule is COc1ccc(S(=O)(=O)N2CCC(C(=O)[O-])CC2)c2cccnc12. The lowest BCUT2D eigenvalue weighted by molar-refractivity contribution is -0.312. The van der Waals surface area contributed by atoms with E-state index in [4.69, 9.17) is 4.74 Å². The number of carbonyl (C=O) groups excluding carboxylic acids is 1. The Balaban J connectivity index is 1.99. The summed E-state index contributed by atoms with van der Waals surface area (Å²) in [4.78, 5) is 15.3. The van der Waals surface area contributed by atoms with Gasteiger partial charge in [0.2, 0.25) is 10.0 Å². The molecule has 0 amide bonds. The number of sulfonamides is 1. The molecule has 0 spiro atoms. The van der Waals surface area contributed by atoms with E-state index in [9.17, 15) is 18.3 Å². The molecule has 0 N–H and O–H groups in total. The maximum absolute atomic E-state index is 13.0. The molecular weight excluding hydrogens is 332 g/mol. The Morgan fingerprint density at radius 2 is 2.00 bits per heavy atom. The van der Waals surface area contributed by atoms with Crippen molar-refractivity contribution in [3.63, 3.8) is 0 Å². The molecule has 1 aliphatic rings. The van der Waals surface area contributed by atoms with Gasteiger partial charge in [0.15, 0.2) is 0 Å². The second-order valence-corrected chi connectivity index (χ2v) is 7.57. The van der Waals surface area contributed by atoms with Crippen LogP contribution in [-0.2, 0) is 14.8 Å². The molecule has 0 unspecified atom stereocenters. The third-order valence-corrected chi connectivity index (χ3v) is 6.27. The van der Waals surface area contributed by atoms with E-state index in [1.165, 1.54) is 17.5 Å². The molecule has 0 bridgehead atoms. The van der Waals surface area contributed by atoms with Gasteiger partial charge in [-0.1, -0.05) is 0 Å². The Labute approximate surface area is 139 Å². The highest BCUT2D eigenvalue weighted by molar-refractivity contribution is 7.89. The Bertz CT molecular complexity index is 873. The van der Waals surface area contributed by atoms with Crippen LogP contribution in [0.3, 0.4) is 0 Å². The summed E-state index contributed by atoms with van der Waals surface area (Å²) in [7, 11) is -2.24. The van der Waals surface area contributed by atoms with E-state index in [0.29, 0.717) is 16.7 Å².